The minimum Gasteiger partial charge on any atom is -0.497 e. The molecule has 0 spiro atoms. The molecule has 63 heavy (non-hydrogen) atoms. The fraction of sp³-hybridized carbons (Fsp3) is 0.312. The minimum atomic E-state index is -1.23. The molecule has 5 aromatic carbocycles. The van der Waals surface area contributed by atoms with Crippen molar-refractivity contribution in [3.05, 3.63) is 159 Å². The molecular formula is C48H57N5O9S. The molecule has 334 valence electrons. The third-order valence-electron chi connectivity index (χ3n) is 9.84. The van der Waals surface area contributed by atoms with Crippen LogP contribution in [-0.4, -0.2) is 72.6 Å². The van der Waals surface area contributed by atoms with Gasteiger partial charge in [-0.15, -0.1) is 0 Å². The van der Waals surface area contributed by atoms with E-state index in [1.165, 1.54) is 23.1 Å². The molecule has 0 aliphatic rings. The molecule has 0 heterocycles. The van der Waals surface area contributed by atoms with Crippen molar-refractivity contribution in [2.45, 2.75) is 70.2 Å². The largest absolute Gasteiger partial charge is 0.497 e. The van der Waals surface area contributed by atoms with Gasteiger partial charge in [0.05, 0.1) is 31.8 Å². The highest BCUT2D eigenvalue weighted by Crippen LogP contribution is 2.34. The van der Waals surface area contributed by atoms with E-state index < -0.39 is 23.1 Å². The van der Waals surface area contributed by atoms with Crippen LogP contribution in [0.5, 0.6) is 17.2 Å². The van der Waals surface area contributed by atoms with Crippen molar-refractivity contribution in [1.29, 1.82) is 0 Å². The average Bonchev–Trinajstić information content (AvgIpc) is 3.32. The quantitative estimate of drug-likeness (QED) is 0.0172. The number of amides is 3. The lowest BCUT2D eigenvalue weighted by atomic mass is 9.97. The topological polar surface area (TPSA) is 182 Å². The summed E-state index contributed by atoms with van der Waals surface area (Å²) in [6.07, 6.45) is -0.0861. The summed E-state index contributed by atoms with van der Waals surface area (Å²) in [4.78, 5) is 52.5. The number of nitro benzene ring substituents is 1. The second-order valence-corrected chi connectivity index (χ2v) is 14.9. The van der Waals surface area contributed by atoms with Gasteiger partial charge < -0.3 is 34.9 Å². The Morgan fingerprint density at radius 1 is 0.794 bits per heavy atom. The number of carbonyl (C=O) groups excluding carboxylic acids is 3. The minimum absolute atomic E-state index is 0.0750. The van der Waals surface area contributed by atoms with Crippen molar-refractivity contribution in [2.24, 2.45) is 0 Å². The highest BCUT2D eigenvalue weighted by atomic mass is 32.2. The SMILES string of the molecule is CC.CC[C@@H](C)NC(=O)c1ccc(SNCCN(C(=O)CCCOc2ccc(C(NC(=O)c3ccccc3)c3ccc(OC)cc3OC)cc2)C(O)c2ccccc2)c([N+](=O)[O-])c1. The van der Waals surface area contributed by atoms with Gasteiger partial charge in [0.1, 0.15) is 22.1 Å². The number of aliphatic hydroxyl groups is 1. The standard InChI is InChI=1S/C46H51N5O9S.C2H6/c1-5-31(2)48-45(54)35-20-25-41(39(29-35)51(56)57)61-47-26-27-50(46(55)34-15-10-7-11-16-34)42(52)17-12-28-60-36-21-18-32(19-22-36)43(49-44(53)33-13-8-6-9-14-33)38-24-23-37(58-3)30-40(38)59-4;1-2/h6-11,13-16,18-25,29-31,43,46-47,55H,5,12,17,26-28H2,1-4H3,(H,48,54)(H,49,53);1-2H3/t31-,43?,46?;/m1./s1. The molecular weight excluding hydrogens is 823 g/mol. The van der Waals surface area contributed by atoms with E-state index in [9.17, 15) is 29.6 Å². The molecule has 0 radical (unpaired) electrons. The summed E-state index contributed by atoms with van der Waals surface area (Å²) in [5.74, 6) is 0.757. The number of nitrogens with one attached hydrogen (secondary N) is 3. The smallest absolute Gasteiger partial charge is 0.284 e. The molecule has 0 aliphatic carbocycles. The number of nitrogens with zero attached hydrogens (tertiary/aromatic N) is 2. The van der Waals surface area contributed by atoms with Crippen LogP contribution in [-0.2, 0) is 4.79 Å². The molecule has 14 nitrogen and oxygen atoms in total. The number of methoxy groups -OCH3 is 2. The van der Waals surface area contributed by atoms with Crippen LogP contribution in [0.2, 0.25) is 0 Å². The van der Waals surface area contributed by atoms with Gasteiger partial charge in [0, 0.05) is 59.9 Å². The lowest BCUT2D eigenvalue weighted by Gasteiger charge is -2.28. The summed E-state index contributed by atoms with van der Waals surface area (Å²) < 4.78 is 20.1. The Bertz CT molecular complexity index is 2230. The van der Waals surface area contributed by atoms with Gasteiger partial charge in [-0.25, -0.2) is 0 Å². The number of hydrogen-bond donors (Lipinski definition) is 4. The highest BCUT2D eigenvalue weighted by Gasteiger charge is 2.25. The zero-order valence-corrected chi connectivity index (χ0v) is 37.4. The zero-order valence-electron chi connectivity index (χ0n) is 36.5. The van der Waals surface area contributed by atoms with Crippen molar-refractivity contribution in [3.8, 4) is 17.2 Å². The van der Waals surface area contributed by atoms with Gasteiger partial charge in [-0.2, -0.15) is 0 Å². The first kappa shape index (κ1) is 49.2. The molecule has 5 rings (SSSR count). The van der Waals surface area contributed by atoms with E-state index in [-0.39, 0.29) is 55.2 Å². The maximum Gasteiger partial charge on any atom is 0.284 e. The molecule has 0 aromatic heterocycles. The van der Waals surface area contributed by atoms with Crippen molar-refractivity contribution < 1.29 is 38.6 Å². The normalized spacial score (nSPS) is 12.0. The Morgan fingerprint density at radius 3 is 2.08 bits per heavy atom. The van der Waals surface area contributed by atoms with Gasteiger partial charge in [0.25, 0.3) is 17.5 Å². The van der Waals surface area contributed by atoms with Gasteiger partial charge in [0.15, 0.2) is 6.23 Å². The monoisotopic (exact) mass is 879 g/mol. The molecule has 0 saturated carbocycles. The van der Waals surface area contributed by atoms with E-state index in [1.54, 1.807) is 87.0 Å². The van der Waals surface area contributed by atoms with Crippen molar-refractivity contribution >= 4 is 35.4 Å². The number of aliphatic hydroxyl groups excluding tert-OH is 1. The number of ether oxygens (including phenoxy) is 3. The predicted octanol–water partition coefficient (Wildman–Crippen LogP) is 8.66. The molecule has 15 heteroatoms. The maximum absolute atomic E-state index is 13.6. The van der Waals surface area contributed by atoms with Crippen LogP contribution in [0.3, 0.4) is 0 Å². The molecule has 0 bridgehead atoms. The Labute approximate surface area is 373 Å². The summed E-state index contributed by atoms with van der Waals surface area (Å²) in [5.41, 5.74) is 2.51. The second-order valence-electron chi connectivity index (χ2n) is 14.0. The number of nitro groups is 1. The Morgan fingerprint density at radius 2 is 1.44 bits per heavy atom. The van der Waals surface area contributed by atoms with E-state index in [4.69, 9.17) is 14.2 Å². The van der Waals surface area contributed by atoms with E-state index in [0.29, 0.717) is 39.7 Å². The predicted molar refractivity (Wildman–Crippen MR) is 245 cm³/mol. The summed E-state index contributed by atoms with van der Waals surface area (Å²) in [6, 6.07) is 34.1. The first-order chi connectivity index (χ1) is 30.5. The van der Waals surface area contributed by atoms with E-state index in [2.05, 4.69) is 15.4 Å². The Balaban J connectivity index is 0.00000429. The molecule has 4 N–H and O–H groups in total. The van der Waals surface area contributed by atoms with Crippen LogP contribution >= 0.6 is 11.9 Å². The third-order valence-corrected chi connectivity index (χ3v) is 10.8. The summed E-state index contributed by atoms with van der Waals surface area (Å²) in [5, 5.41) is 29.1. The summed E-state index contributed by atoms with van der Waals surface area (Å²) in [7, 11) is 3.13. The van der Waals surface area contributed by atoms with Crippen molar-refractivity contribution in [2.75, 3.05) is 33.9 Å². The lowest BCUT2D eigenvalue weighted by molar-refractivity contribution is -0.387. The van der Waals surface area contributed by atoms with Crippen LogP contribution in [0.25, 0.3) is 0 Å². The molecule has 0 aliphatic heterocycles. The summed E-state index contributed by atoms with van der Waals surface area (Å²) in [6.45, 7) is 8.28. The zero-order chi connectivity index (χ0) is 45.7. The fourth-order valence-electron chi connectivity index (χ4n) is 6.30. The molecule has 2 unspecified atom stereocenters. The van der Waals surface area contributed by atoms with Gasteiger partial charge in [-0.1, -0.05) is 81.4 Å². The highest BCUT2D eigenvalue weighted by molar-refractivity contribution is 7.97. The molecule has 5 aromatic rings. The lowest BCUT2D eigenvalue weighted by Crippen LogP contribution is -2.38. The van der Waals surface area contributed by atoms with Crippen LogP contribution in [0.15, 0.2) is 126 Å². The number of rotatable bonds is 22. The van der Waals surface area contributed by atoms with Crippen molar-refractivity contribution in [1.82, 2.24) is 20.3 Å². The van der Waals surface area contributed by atoms with Crippen LogP contribution < -0.4 is 29.6 Å². The van der Waals surface area contributed by atoms with Gasteiger partial charge in [-0.3, -0.25) is 29.2 Å². The van der Waals surface area contributed by atoms with Gasteiger partial charge in [0.2, 0.25) is 5.91 Å². The Kier molecular flexibility index (Phi) is 19.9. The van der Waals surface area contributed by atoms with Crippen LogP contribution in [0.1, 0.15) is 96.6 Å². The number of hydrogen-bond acceptors (Lipinski definition) is 11. The number of carbonyl (C=O) groups is 3. The molecule has 0 fully saturated rings. The Hall–Kier alpha value is -6.42. The maximum atomic E-state index is 13.6. The fourth-order valence-corrected chi connectivity index (χ4v) is 7.02. The molecule has 3 atom stereocenters. The first-order valence-electron chi connectivity index (χ1n) is 20.8. The molecule has 3 amide bonds. The van der Waals surface area contributed by atoms with E-state index in [1.807, 2.05) is 58.0 Å². The third kappa shape index (κ3) is 14.3. The van der Waals surface area contributed by atoms with Gasteiger partial charge in [-0.05, 0) is 85.8 Å². The second kappa shape index (κ2) is 25.5. The van der Waals surface area contributed by atoms with Gasteiger partial charge >= 0.3 is 0 Å². The van der Waals surface area contributed by atoms with Crippen molar-refractivity contribution in [3.63, 3.8) is 0 Å². The molecule has 0 saturated heterocycles. The average molecular weight is 880 g/mol. The summed E-state index contributed by atoms with van der Waals surface area (Å²) >= 11 is 1.01. The number of benzene rings is 5. The van der Waals surface area contributed by atoms with E-state index >= 15 is 0 Å². The van der Waals surface area contributed by atoms with Crippen LogP contribution in [0, 0.1) is 10.1 Å². The van der Waals surface area contributed by atoms with Crippen LogP contribution in [0.4, 0.5) is 5.69 Å². The van der Waals surface area contributed by atoms with E-state index in [0.717, 1.165) is 29.5 Å². The first-order valence-corrected chi connectivity index (χ1v) is 21.7.